The van der Waals surface area contributed by atoms with Gasteiger partial charge in [-0.25, -0.2) is 0 Å². The molecule has 0 spiro atoms. The Morgan fingerprint density at radius 2 is 1.02 bits per heavy atom. The van der Waals surface area contributed by atoms with Crippen molar-refractivity contribution in [2.75, 3.05) is 0 Å². The molecule has 0 unspecified atom stereocenters. The highest BCUT2D eigenvalue weighted by Crippen LogP contribution is 2.33. The van der Waals surface area contributed by atoms with Gasteiger partial charge in [0.25, 0.3) is 0 Å². The molecule has 200 valence electrons. The molecule has 5 rings (SSSR count). The van der Waals surface area contributed by atoms with Crippen LogP contribution in [0.1, 0.15) is 92.4 Å². The van der Waals surface area contributed by atoms with E-state index in [1.165, 1.54) is 5.56 Å². The van der Waals surface area contributed by atoms with Crippen molar-refractivity contribution in [2.45, 2.75) is 32.1 Å². The van der Waals surface area contributed by atoms with Gasteiger partial charge < -0.3 is 9.97 Å². The van der Waals surface area contributed by atoms with Crippen LogP contribution in [0.2, 0.25) is 0 Å². The number of benzene rings is 3. The van der Waals surface area contributed by atoms with E-state index in [2.05, 4.69) is 66.8 Å². The largest absolute Gasteiger partial charge is 0.355 e. The number of hydrogen-bond donors (Lipinski definition) is 2. The van der Waals surface area contributed by atoms with Crippen LogP contribution in [0.25, 0.3) is 0 Å². The number of rotatable bonds is 7. The lowest BCUT2D eigenvalue weighted by molar-refractivity contribution is 0.102. The smallest absolute Gasteiger partial charge is 0.209 e. The molecular weight excluding hydrogens is 504 g/mol. The van der Waals surface area contributed by atoms with Gasteiger partial charge in [-0.05, 0) is 89.3 Å². The first-order valence-corrected chi connectivity index (χ1v) is 13.4. The number of terminal acetylenes is 2. The van der Waals surface area contributed by atoms with Crippen molar-refractivity contribution in [3.05, 3.63) is 153 Å². The lowest BCUT2D eigenvalue weighted by Gasteiger charge is -2.21. The molecule has 0 aliphatic heterocycles. The van der Waals surface area contributed by atoms with Crippen molar-refractivity contribution in [2.24, 2.45) is 0 Å². The van der Waals surface area contributed by atoms with E-state index in [0.717, 1.165) is 28.1 Å². The second-order valence-electron chi connectivity index (χ2n) is 11.1. The second kappa shape index (κ2) is 11.0. The number of aromatic nitrogens is 2. The molecule has 0 aliphatic carbocycles. The van der Waals surface area contributed by atoms with Crippen LogP contribution in [0.15, 0.2) is 97.1 Å². The summed E-state index contributed by atoms with van der Waals surface area (Å²) in [5, 5.41) is 0. The predicted molar refractivity (Wildman–Crippen MR) is 163 cm³/mol. The average Bonchev–Trinajstić information content (AvgIpc) is 3.68. The average molecular weight is 535 g/mol. The molecule has 0 radical (unpaired) electrons. The van der Waals surface area contributed by atoms with Crippen molar-refractivity contribution in [1.29, 1.82) is 0 Å². The summed E-state index contributed by atoms with van der Waals surface area (Å²) in [5.41, 5.74) is 7.39. The van der Waals surface area contributed by atoms with Gasteiger partial charge in [0, 0.05) is 33.6 Å². The van der Waals surface area contributed by atoms with Crippen LogP contribution in [0.4, 0.5) is 0 Å². The number of hydrogen-bond acceptors (Lipinski definition) is 2. The third-order valence-corrected chi connectivity index (χ3v) is 7.27. The molecule has 0 amide bonds. The molecule has 2 N–H and O–H groups in total. The van der Waals surface area contributed by atoms with Crippen LogP contribution in [-0.4, -0.2) is 21.5 Å². The molecule has 4 nitrogen and oxygen atoms in total. The quantitative estimate of drug-likeness (QED) is 0.171. The van der Waals surface area contributed by atoms with E-state index in [0.29, 0.717) is 22.5 Å². The van der Waals surface area contributed by atoms with Crippen molar-refractivity contribution in [1.82, 2.24) is 9.97 Å². The first-order chi connectivity index (χ1) is 19.7. The van der Waals surface area contributed by atoms with E-state index < -0.39 is 0 Å². The summed E-state index contributed by atoms with van der Waals surface area (Å²) in [7, 11) is 0. The zero-order valence-corrected chi connectivity index (χ0v) is 23.3. The van der Waals surface area contributed by atoms with Crippen LogP contribution < -0.4 is 0 Å². The fraction of sp³-hybridized carbons (Fsp3) is 0.135. The van der Waals surface area contributed by atoms with Crippen LogP contribution in [0, 0.1) is 24.7 Å². The van der Waals surface area contributed by atoms with E-state index in [-0.39, 0.29) is 22.9 Å². The van der Waals surface area contributed by atoms with Crippen molar-refractivity contribution in [3.63, 3.8) is 0 Å². The highest BCUT2D eigenvalue weighted by atomic mass is 16.1. The number of nitrogens with one attached hydrogen (secondary N) is 2. The number of ketones is 2. The Morgan fingerprint density at radius 1 is 0.610 bits per heavy atom. The van der Waals surface area contributed by atoms with Crippen molar-refractivity contribution >= 4 is 11.6 Å². The maximum Gasteiger partial charge on any atom is 0.209 e. The minimum atomic E-state index is -0.264. The first-order valence-electron chi connectivity index (χ1n) is 13.4. The molecule has 4 heteroatoms. The van der Waals surface area contributed by atoms with Crippen LogP contribution >= 0.6 is 0 Å². The molecule has 2 aromatic heterocycles. The number of aromatic amines is 2. The Kier molecular flexibility index (Phi) is 7.34. The molecule has 0 bridgehead atoms. The highest BCUT2D eigenvalue weighted by Gasteiger charge is 2.24. The van der Waals surface area contributed by atoms with Gasteiger partial charge >= 0.3 is 0 Å². The standard InChI is InChI=1S/C37H30N2O2/c1-6-24-8-12-27(13-9-24)35(40)32-22-20-30(38-32)34(26-16-18-29(19-17-26)37(3,4)5)31-21-23-33(39-31)36(41)28-14-10-25(7-2)11-15-28/h1-2,8-23,34,38-39H,3-5H3. The first kappa shape index (κ1) is 27.3. The Labute approximate surface area is 240 Å². The minimum absolute atomic E-state index is 0.00993. The number of H-pyrrole nitrogens is 2. The monoisotopic (exact) mass is 534 g/mol. The van der Waals surface area contributed by atoms with E-state index >= 15 is 0 Å². The zero-order valence-electron chi connectivity index (χ0n) is 23.3. The normalized spacial score (nSPS) is 11.2. The van der Waals surface area contributed by atoms with Crippen molar-refractivity contribution in [3.8, 4) is 24.7 Å². The van der Waals surface area contributed by atoms with Gasteiger partial charge in [0.2, 0.25) is 11.6 Å². The molecular formula is C37H30N2O2. The SMILES string of the molecule is C#Cc1ccc(C(=O)c2ccc(C(c3ccc(C(C)(C)C)cc3)c3ccc(C(=O)c4ccc(C#C)cc4)[nH]3)[nH]2)cc1. The van der Waals surface area contributed by atoms with E-state index in [1.54, 1.807) is 60.7 Å². The lowest BCUT2D eigenvalue weighted by Crippen LogP contribution is -2.12. The summed E-state index contributed by atoms with van der Waals surface area (Å²) in [6, 6.07) is 29.9. The van der Waals surface area contributed by atoms with Crippen LogP contribution in [0.3, 0.4) is 0 Å². The van der Waals surface area contributed by atoms with E-state index in [4.69, 9.17) is 12.8 Å². The van der Waals surface area contributed by atoms with Crippen LogP contribution in [0.5, 0.6) is 0 Å². The van der Waals surface area contributed by atoms with Gasteiger partial charge in [-0.3, -0.25) is 9.59 Å². The van der Waals surface area contributed by atoms with Gasteiger partial charge in [-0.15, -0.1) is 12.8 Å². The van der Waals surface area contributed by atoms with Crippen molar-refractivity contribution < 1.29 is 9.59 Å². The summed E-state index contributed by atoms with van der Waals surface area (Å²) in [4.78, 5) is 33.2. The van der Waals surface area contributed by atoms with Gasteiger partial charge in [-0.1, -0.05) is 56.9 Å². The lowest BCUT2D eigenvalue weighted by atomic mass is 9.84. The number of carbonyl (C=O) groups is 2. The van der Waals surface area contributed by atoms with Gasteiger partial charge in [-0.2, -0.15) is 0 Å². The molecule has 41 heavy (non-hydrogen) atoms. The summed E-state index contributed by atoms with van der Waals surface area (Å²) in [6.45, 7) is 6.53. The molecule has 0 atom stereocenters. The van der Waals surface area contributed by atoms with Crippen LogP contribution in [-0.2, 0) is 5.41 Å². The summed E-state index contributed by atoms with van der Waals surface area (Å²) < 4.78 is 0. The molecule has 0 aliphatic rings. The molecule has 2 heterocycles. The Bertz CT molecular complexity index is 1690. The zero-order chi connectivity index (χ0) is 29.1. The van der Waals surface area contributed by atoms with Gasteiger partial charge in [0.1, 0.15) is 0 Å². The summed E-state index contributed by atoms with van der Waals surface area (Å²) >= 11 is 0. The topological polar surface area (TPSA) is 65.7 Å². The maximum atomic E-state index is 13.3. The Hall–Kier alpha value is -5.32. The Balaban J connectivity index is 1.52. The fourth-order valence-corrected chi connectivity index (χ4v) is 4.87. The maximum absolute atomic E-state index is 13.3. The van der Waals surface area contributed by atoms with E-state index in [9.17, 15) is 9.59 Å². The van der Waals surface area contributed by atoms with Gasteiger partial charge in [0.15, 0.2) is 0 Å². The highest BCUT2D eigenvalue weighted by molar-refractivity contribution is 6.08. The fourth-order valence-electron chi connectivity index (χ4n) is 4.87. The second-order valence-corrected chi connectivity index (χ2v) is 11.1. The number of carbonyl (C=O) groups excluding carboxylic acids is 2. The Morgan fingerprint density at radius 3 is 1.39 bits per heavy atom. The molecule has 5 aromatic rings. The molecule has 0 saturated carbocycles. The third kappa shape index (κ3) is 5.69. The van der Waals surface area contributed by atoms with E-state index in [1.807, 2.05) is 12.1 Å². The molecule has 3 aromatic carbocycles. The molecule has 0 fully saturated rings. The van der Waals surface area contributed by atoms with Gasteiger partial charge in [0.05, 0.1) is 17.3 Å². The third-order valence-electron chi connectivity index (χ3n) is 7.27. The molecule has 0 saturated heterocycles. The summed E-state index contributed by atoms with van der Waals surface area (Å²) in [5.74, 6) is 4.63. The minimum Gasteiger partial charge on any atom is -0.355 e. The predicted octanol–water partition coefficient (Wildman–Crippen LogP) is 7.25. The summed E-state index contributed by atoms with van der Waals surface area (Å²) in [6.07, 6.45) is 10.9.